The average molecular weight is 520 g/mol. The van der Waals surface area contributed by atoms with Gasteiger partial charge in [-0.3, -0.25) is 15.5 Å². The van der Waals surface area contributed by atoms with Gasteiger partial charge in [0.05, 0.1) is 30.4 Å². The maximum Gasteiger partial charge on any atom is 0.416 e. The van der Waals surface area contributed by atoms with E-state index < -0.39 is 28.3 Å². The van der Waals surface area contributed by atoms with Crippen molar-refractivity contribution in [2.75, 3.05) is 25.7 Å². The molecule has 0 aliphatic carbocycles. The summed E-state index contributed by atoms with van der Waals surface area (Å²) in [5, 5.41) is 15.0. The number of ether oxygens (including phenoxy) is 3. The largest absolute Gasteiger partial charge is 0.490 e. The van der Waals surface area contributed by atoms with E-state index in [9.17, 15) is 28.1 Å². The van der Waals surface area contributed by atoms with Crippen LogP contribution in [0.2, 0.25) is 0 Å². The molecule has 1 N–H and O–H groups in total. The number of rotatable bonds is 9. The Morgan fingerprint density at radius 2 is 1.94 bits per heavy atom. The highest BCUT2D eigenvalue weighted by Gasteiger charge is 2.33. The summed E-state index contributed by atoms with van der Waals surface area (Å²) in [5.74, 6) is -0.0364. The molecule has 2 aromatic rings. The Hall–Kier alpha value is -3.35. The molecule has 0 saturated carbocycles. The molecule has 0 aromatic heterocycles. The first-order chi connectivity index (χ1) is 15.1. The molecule has 0 bridgehead atoms. The van der Waals surface area contributed by atoms with Gasteiger partial charge in [0.25, 0.3) is 5.69 Å². The molecule has 0 spiro atoms. The molecule has 9 nitrogen and oxygen atoms in total. The van der Waals surface area contributed by atoms with Gasteiger partial charge >= 0.3 is 12.1 Å². The number of nitro benzene ring substituents is 1. The topological polar surface area (TPSA) is 112 Å². The number of halogens is 4. The number of benzene rings is 2. The minimum Gasteiger partial charge on any atom is -0.490 e. The zero-order valence-electron chi connectivity index (χ0n) is 16.7. The number of carbonyl (C=O) groups excluding carboxylic acids is 1. The molecule has 0 atom stereocenters. The van der Waals surface area contributed by atoms with E-state index in [-0.39, 0.29) is 18.0 Å². The summed E-state index contributed by atoms with van der Waals surface area (Å²) >= 11 is 3.31. The number of anilines is 1. The molecule has 0 fully saturated rings. The van der Waals surface area contributed by atoms with E-state index in [1.807, 2.05) is 0 Å². The Kier molecular flexibility index (Phi) is 8.41. The van der Waals surface area contributed by atoms with Crippen molar-refractivity contribution >= 4 is 39.5 Å². The number of nitrogens with zero attached hydrogens (tertiary/aromatic N) is 2. The summed E-state index contributed by atoms with van der Waals surface area (Å²) in [7, 11) is 1.22. The third kappa shape index (κ3) is 6.57. The number of hydrogen-bond donors (Lipinski definition) is 1. The van der Waals surface area contributed by atoms with Gasteiger partial charge in [-0.25, -0.2) is 4.79 Å². The highest BCUT2D eigenvalue weighted by Crippen LogP contribution is 2.35. The van der Waals surface area contributed by atoms with Gasteiger partial charge in [-0.15, -0.1) is 0 Å². The Bertz CT molecular complexity index is 1030. The Balaban J connectivity index is 2.27. The number of alkyl halides is 3. The molecule has 2 rings (SSSR count). The van der Waals surface area contributed by atoms with E-state index in [4.69, 9.17) is 9.47 Å². The number of hydrazone groups is 1. The van der Waals surface area contributed by atoms with Crippen LogP contribution in [0.25, 0.3) is 0 Å². The van der Waals surface area contributed by atoms with Crippen LogP contribution in [-0.4, -0.2) is 37.4 Å². The third-order valence-electron chi connectivity index (χ3n) is 3.85. The van der Waals surface area contributed by atoms with E-state index in [1.165, 1.54) is 25.5 Å². The van der Waals surface area contributed by atoms with Crippen LogP contribution in [0, 0.1) is 10.1 Å². The van der Waals surface area contributed by atoms with Crippen molar-refractivity contribution in [3.63, 3.8) is 0 Å². The second-order valence-corrected chi connectivity index (χ2v) is 6.83. The normalized spacial score (nSPS) is 11.3. The van der Waals surface area contributed by atoms with Crippen LogP contribution in [0.4, 0.5) is 24.5 Å². The van der Waals surface area contributed by atoms with Gasteiger partial charge in [-0.2, -0.15) is 18.3 Å². The van der Waals surface area contributed by atoms with Gasteiger partial charge in [0, 0.05) is 16.1 Å². The predicted octanol–water partition coefficient (Wildman–Crippen LogP) is 4.77. The average Bonchev–Trinajstić information content (AvgIpc) is 2.73. The molecular formula is C19H17BrF3N3O6. The first-order valence-electron chi connectivity index (χ1n) is 8.87. The highest BCUT2D eigenvalue weighted by molar-refractivity contribution is 9.10. The lowest BCUT2D eigenvalue weighted by molar-refractivity contribution is -0.384. The van der Waals surface area contributed by atoms with Crippen molar-refractivity contribution in [3.05, 3.63) is 56.0 Å². The van der Waals surface area contributed by atoms with Gasteiger partial charge < -0.3 is 14.2 Å². The smallest absolute Gasteiger partial charge is 0.416 e. The van der Waals surface area contributed by atoms with Crippen molar-refractivity contribution in [2.45, 2.75) is 13.1 Å². The molecule has 0 amide bonds. The first-order valence-corrected chi connectivity index (χ1v) is 9.66. The monoisotopic (exact) mass is 519 g/mol. The number of nitro groups is 1. The van der Waals surface area contributed by atoms with E-state index in [1.54, 1.807) is 6.92 Å². The lowest BCUT2D eigenvalue weighted by Gasteiger charge is -2.13. The standard InChI is InChI=1S/C19H17BrF3N3O6/c1-3-31-16-6-11(13(20)8-17(16)32-10-18(27)30-2)9-24-25-14-5-4-12(19(21,22)23)7-15(14)26(28)29/h4-9,25H,3,10H2,1-2H3/b24-9-. The Morgan fingerprint density at radius 3 is 2.53 bits per heavy atom. The van der Waals surface area contributed by atoms with Crippen molar-refractivity contribution in [1.82, 2.24) is 0 Å². The van der Waals surface area contributed by atoms with Crippen LogP contribution in [0.5, 0.6) is 11.5 Å². The van der Waals surface area contributed by atoms with Crippen molar-refractivity contribution in [1.29, 1.82) is 0 Å². The lowest BCUT2D eigenvalue weighted by Crippen LogP contribution is -2.13. The number of methoxy groups -OCH3 is 1. The predicted molar refractivity (Wildman–Crippen MR) is 112 cm³/mol. The molecule has 0 aliphatic rings. The SMILES string of the molecule is CCOc1cc(/C=N\Nc2ccc(C(F)(F)F)cc2[N+](=O)[O-])c(Br)cc1OCC(=O)OC. The minimum absolute atomic E-state index is 0.224. The molecule has 0 aliphatic heterocycles. The fraction of sp³-hybridized carbons (Fsp3) is 0.263. The van der Waals surface area contributed by atoms with E-state index >= 15 is 0 Å². The van der Waals surface area contributed by atoms with Crippen molar-refractivity contribution < 1.29 is 37.1 Å². The molecular weight excluding hydrogens is 503 g/mol. The zero-order valence-corrected chi connectivity index (χ0v) is 18.3. The molecule has 0 radical (unpaired) electrons. The van der Waals surface area contributed by atoms with Gasteiger partial charge in [0.15, 0.2) is 18.1 Å². The minimum atomic E-state index is -4.72. The summed E-state index contributed by atoms with van der Waals surface area (Å²) in [6.45, 7) is 1.70. The third-order valence-corrected chi connectivity index (χ3v) is 4.53. The van der Waals surface area contributed by atoms with E-state index in [0.29, 0.717) is 34.5 Å². The quantitative estimate of drug-likeness (QED) is 0.219. The summed E-state index contributed by atoms with van der Waals surface area (Å²) in [6.07, 6.45) is -3.44. The van der Waals surface area contributed by atoms with Crippen LogP contribution in [0.1, 0.15) is 18.1 Å². The van der Waals surface area contributed by atoms with Crippen LogP contribution >= 0.6 is 15.9 Å². The molecule has 13 heteroatoms. The fourth-order valence-electron chi connectivity index (χ4n) is 2.35. The number of hydrogen-bond acceptors (Lipinski definition) is 8. The van der Waals surface area contributed by atoms with Crippen LogP contribution in [0.3, 0.4) is 0 Å². The van der Waals surface area contributed by atoms with Crippen molar-refractivity contribution in [2.24, 2.45) is 5.10 Å². The summed E-state index contributed by atoms with van der Waals surface area (Å²) in [6, 6.07) is 5.11. The second-order valence-electron chi connectivity index (χ2n) is 5.98. The van der Waals surface area contributed by atoms with Gasteiger partial charge in [0.1, 0.15) is 5.69 Å². The maximum absolute atomic E-state index is 12.8. The molecule has 172 valence electrons. The summed E-state index contributed by atoms with van der Waals surface area (Å²) in [5.41, 5.74) is 0.677. The molecule has 2 aromatic carbocycles. The number of esters is 1. The van der Waals surface area contributed by atoms with Crippen LogP contribution in [-0.2, 0) is 15.7 Å². The molecule has 0 saturated heterocycles. The van der Waals surface area contributed by atoms with E-state index in [2.05, 4.69) is 31.2 Å². The zero-order chi connectivity index (χ0) is 23.9. The van der Waals surface area contributed by atoms with Crippen LogP contribution in [0.15, 0.2) is 39.9 Å². The molecule has 0 heterocycles. The summed E-state index contributed by atoms with van der Waals surface area (Å²) < 4.78 is 54.3. The second kappa shape index (κ2) is 10.8. The number of carbonyl (C=O) groups is 1. The lowest BCUT2D eigenvalue weighted by atomic mass is 10.1. The Labute approximate surface area is 188 Å². The first kappa shape index (κ1) is 24.9. The number of nitrogens with one attached hydrogen (secondary N) is 1. The van der Waals surface area contributed by atoms with Crippen molar-refractivity contribution in [3.8, 4) is 11.5 Å². The highest BCUT2D eigenvalue weighted by atomic mass is 79.9. The van der Waals surface area contributed by atoms with E-state index in [0.717, 1.165) is 6.07 Å². The fourth-order valence-corrected chi connectivity index (χ4v) is 2.78. The molecule has 32 heavy (non-hydrogen) atoms. The molecule has 0 unspecified atom stereocenters. The van der Waals surface area contributed by atoms with Gasteiger partial charge in [0.2, 0.25) is 0 Å². The van der Waals surface area contributed by atoms with Gasteiger partial charge in [-0.05, 0) is 47.1 Å². The maximum atomic E-state index is 12.8. The Morgan fingerprint density at radius 1 is 1.25 bits per heavy atom. The van der Waals surface area contributed by atoms with Gasteiger partial charge in [-0.1, -0.05) is 0 Å². The summed E-state index contributed by atoms with van der Waals surface area (Å²) in [4.78, 5) is 21.5. The van der Waals surface area contributed by atoms with Crippen LogP contribution < -0.4 is 14.9 Å².